The van der Waals surface area contributed by atoms with Gasteiger partial charge in [-0.2, -0.15) is 0 Å². The molecule has 1 fully saturated rings. The Morgan fingerprint density at radius 3 is 3.05 bits per heavy atom. The maximum Gasteiger partial charge on any atom is 0.219 e. The van der Waals surface area contributed by atoms with Crippen LogP contribution in [0.3, 0.4) is 0 Å². The van der Waals surface area contributed by atoms with Crippen LogP contribution in [0.4, 0.5) is 0 Å². The van der Waals surface area contributed by atoms with Crippen LogP contribution in [0.5, 0.6) is 0 Å². The number of hydrogen-bond acceptors (Lipinski definition) is 4. The molecule has 120 valence electrons. The minimum Gasteiger partial charge on any atom is -0.386 e. The first-order valence-corrected chi connectivity index (χ1v) is 7.94. The Morgan fingerprint density at radius 1 is 1.50 bits per heavy atom. The number of carbonyl (C=O) groups excluding carboxylic acids is 1. The van der Waals surface area contributed by atoms with E-state index in [1.54, 1.807) is 6.92 Å². The summed E-state index contributed by atoms with van der Waals surface area (Å²) in [5.74, 6) is 0.110. The first-order valence-electron chi connectivity index (χ1n) is 7.94. The van der Waals surface area contributed by atoms with Gasteiger partial charge in [0.2, 0.25) is 5.91 Å². The molecule has 1 aromatic rings. The zero-order valence-corrected chi connectivity index (χ0v) is 13.0. The molecule has 2 heterocycles. The Morgan fingerprint density at radius 2 is 2.32 bits per heavy atom. The molecule has 3 rings (SSSR count). The molecule has 2 N–H and O–H groups in total. The lowest BCUT2D eigenvalue weighted by molar-refractivity contribution is -0.129. The maximum atomic E-state index is 11.7. The normalized spacial score (nSPS) is 28.3. The lowest BCUT2D eigenvalue weighted by Crippen LogP contribution is -2.42. The van der Waals surface area contributed by atoms with Crippen molar-refractivity contribution in [2.24, 2.45) is 0 Å². The number of carbonyl (C=O) groups is 1. The van der Waals surface area contributed by atoms with Gasteiger partial charge in [0, 0.05) is 45.6 Å². The fourth-order valence-electron chi connectivity index (χ4n) is 3.27. The van der Waals surface area contributed by atoms with Crippen LogP contribution in [0.2, 0.25) is 0 Å². The molecule has 1 aromatic carbocycles. The molecular formula is C17H24N2O3. The summed E-state index contributed by atoms with van der Waals surface area (Å²) in [5, 5.41) is 13.9. The smallest absolute Gasteiger partial charge is 0.219 e. The van der Waals surface area contributed by atoms with Crippen LogP contribution in [0, 0.1) is 0 Å². The van der Waals surface area contributed by atoms with Crippen molar-refractivity contribution in [2.75, 3.05) is 26.3 Å². The van der Waals surface area contributed by atoms with Crippen LogP contribution < -0.4 is 5.32 Å². The van der Waals surface area contributed by atoms with Crippen molar-refractivity contribution in [3.05, 3.63) is 35.4 Å². The van der Waals surface area contributed by atoms with Gasteiger partial charge < -0.3 is 20.1 Å². The molecule has 2 atom stereocenters. The summed E-state index contributed by atoms with van der Waals surface area (Å²) in [4.78, 5) is 13.6. The van der Waals surface area contributed by atoms with Gasteiger partial charge in [-0.25, -0.2) is 0 Å². The highest BCUT2D eigenvalue weighted by atomic mass is 16.5. The van der Waals surface area contributed by atoms with Crippen LogP contribution in [0.25, 0.3) is 0 Å². The van der Waals surface area contributed by atoms with Gasteiger partial charge >= 0.3 is 0 Å². The van der Waals surface area contributed by atoms with Gasteiger partial charge in [0.15, 0.2) is 0 Å². The van der Waals surface area contributed by atoms with Gasteiger partial charge in [0.05, 0.1) is 6.61 Å². The van der Waals surface area contributed by atoms with E-state index >= 15 is 0 Å². The fraction of sp³-hybridized carbons (Fsp3) is 0.588. The van der Waals surface area contributed by atoms with Crippen LogP contribution in [-0.2, 0) is 16.1 Å². The Kier molecular flexibility index (Phi) is 4.47. The van der Waals surface area contributed by atoms with Gasteiger partial charge in [-0.1, -0.05) is 24.3 Å². The number of nitrogens with zero attached hydrogens (tertiary/aromatic N) is 1. The number of hydrogen-bond donors (Lipinski definition) is 2. The van der Waals surface area contributed by atoms with Gasteiger partial charge in [-0.05, 0) is 17.5 Å². The predicted molar refractivity (Wildman–Crippen MR) is 83.3 cm³/mol. The van der Waals surface area contributed by atoms with E-state index in [0.29, 0.717) is 32.7 Å². The summed E-state index contributed by atoms with van der Waals surface area (Å²) in [6.45, 7) is 4.56. The molecule has 22 heavy (non-hydrogen) atoms. The Hall–Kier alpha value is -1.43. The van der Waals surface area contributed by atoms with Gasteiger partial charge in [0.25, 0.3) is 0 Å². The second kappa shape index (κ2) is 6.36. The van der Waals surface area contributed by atoms with Crippen LogP contribution in [0.15, 0.2) is 24.3 Å². The SMILES string of the molecule is CC(=O)N1CCC(NCC2(O)CCOC2)c2ccccc2C1. The van der Waals surface area contributed by atoms with E-state index < -0.39 is 5.60 Å². The standard InChI is InChI=1S/C17H24N2O3/c1-13(20)19-8-6-16(15-5-3-2-4-14(15)10-19)18-11-17(21)7-9-22-12-17/h2-5,16,18,21H,6-12H2,1H3. The molecule has 2 aliphatic heterocycles. The van der Waals surface area contributed by atoms with Crippen molar-refractivity contribution in [1.82, 2.24) is 10.2 Å². The highest BCUT2D eigenvalue weighted by Gasteiger charge is 2.33. The zero-order valence-electron chi connectivity index (χ0n) is 13.0. The third-order valence-corrected chi connectivity index (χ3v) is 4.68. The summed E-state index contributed by atoms with van der Waals surface area (Å²) in [5.41, 5.74) is 1.65. The lowest BCUT2D eigenvalue weighted by Gasteiger charge is -2.26. The molecule has 0 radical (unpaired) electrons. The summed E-state index contributed by atoms with van der Waals surface area (Å²) in [6.07, 6.45) is 1.53. The van der Waals surface area contributed by atoms with Crippen LogP contribution >= 0.6 is 0 Å². The summed E-state index contributed by atoms with van der Waals surface area (Å²) in [7, 11) is 0. The van der Waals surface area contributed by atoms with E-state index in [1.807, 2.05) is 17.0 Å². The molecule has 0 aliphatic carbocycles. The molecule has 1 saturated heterocycles. The van der Waals surface area contributed by atoms with E-state index in [2.05, 4.69) is 17.4 Å². The number of nitrogens with one attached hydrogen (secondary N) is 1. The monoisotopic (exact) mass is 304 g/mol. The Bertz CT molecular complexity index is 540. The third kappa shape index (κ3) is 3.32. The van der Waals surface area contributed by atoms with Crippen LogP contribution in [-0.4, -0.2) is 47.8 Å². The second-order valence-electron chi connectivity index (χ2n) is 6.39. The minimum atomic E-state index is -0.762. The van der Waals surface area contributed by atoms with Crippen LogP contribution in [0.1, 0.15) is 36.9 Å². The van der Waals surface area contributed by atoms with E-state index in [-0.39, 0.29) is 11.9 Å². The quantitative estimate of drug-likeness (QED) is 0.881. The Balaban J connectivity index is 1.75. The lowest BCUT2D eigenvalue weighted by atomic mass is 9.97. The molecule has 5 heteroatoms. The van der Waals surface area contributed by atoms with Crippen molar-refractivity contribution >= 4 is 5.91 Å². The van der Waals surface area contributed by atoms with Gasteiger partial charge in [0.1, 0.15) is 5.60 Å². The van der Waals surface area contributed by atoms with Gasteiger partial charge in [-0.3, -0.25) is 4.79 Å². The number of fused-ring (bicyclic) bond motifs is 1. The summed E-state index contributed by atoms with van der Waals surface area (Å²) in [6, 6.07) is 8.40. The average Bonchev–Trinajstić information content (AvgIpc) is 2.84. The van der Waals surface area contributed by atoms with Crippen molar-refractivity contribution in [3.8, 4) is 0 Å². The molecular weight excluding hydrogens is 280 g/mol. The van der Waals surface area contributed by atoms with E-state index in [1.165, 1.54) is 11.1 Å². The first-order chi connectivity index (χ1) is 10.6. The molecule has 0 saturated carbocycles. The second-order valence-corrected chi connectivity index (χ2v) is 6.39. The number of rotatable bonds is 3. The third-order valence-electron chi connectivity index (χ3n) is 4.68. The van der Waals surface area contributed by atoms with Crippen molar-refractivity contribution in [1.29, 1.82) is 0 Å². The highest BCUT2D eigenvalue weighted by molar-refractivity contribution is 5.73. The number of amides is 1. The van der Waals surface area contributed by atoms with Gasteiger partial charge in [-0.15, -0.1) is 0 Å². The summed E-state index contributed by atoms with van der Waals surface area (Å²) < 4.78 is 5.30. The van der Waals surface area contributed by atoms with Crippen molar-refractivity contribution < 1.29 is 14.6 Å². The molecule has 0 spiro atoms. The Labute approximate surface area is 131 Å². The molecule has 5 nitrogen and oxygen atoms in total. The fourth-order valence-corrected chi connectivity index (χ4v) is 3.27. The topological polar surface area (TPSA) is 61.8 Å². The maximum absolute atomic E-state index is 11.7. The van der Waals surface area contributed by atoms with Crippen molar-refractivity contribution in [3.63, 3.8) is 0 Å². The van der Waals surface area contributed by atoms with Crippen molar-refractivity contribution in [2.45, 2.75) is 38.0 Å². The van der Waals surface area contributed by atoms with E-state index in [4.69, 9.17) is 4.74 Å². The molecule has 0 aromatic heterocycles. The average molecular weight is 304 g/mol. The number of benzene rings is 1. The molecule has 0 bridgehead atoms. The molecule has 2 unspecified atom stereocenters. The van der Waals surface area contributed by atoms with E-state index in [9.17, 15) is 9.90 Å². The zero-order chi connectivity index (χ0) is 15.6. The number of aliphatic hydroxyl groups is 1. The van der Waals surface area contributed by atoms with E-state index in [0.717, 1.165) is 13.0 Å². The summed E-state index contributed by atoms with van der Waals surface area (Å²) >= 11 is 0. The predicted octanol–water partition coefficient (Wildman–Crippen LogP) is 1.22. The first kappa shape index (κ1) is 15.5. The largest absolute Gasteiger partial charge is 0.386 e. The molecule has 2 aliphatic rings. The minimum absolute atomic E-state index is 0.110. The molecule has 1 amide bonds. The number of ether oxygens (including phenoxy) is 1. The highest BCUT2D eigenvalue weighted by Crippen LogP contribution is 2.28.